The van der Waals surface area contributed by atoms with E-state index >= 15 is 0 Å². The Balaban J connectivity index is 2.44. The minimum absolute atomic E-state index is 0.0745. The van der Waals surface area contributed by atoms with Crippen LogP contribution in [0.2, 0.25) is 0 Å². The number of carboxylic acid groups (broad SMARTS) is 1. The maximum Gasteiger partial charge on any atom is 0.336 e. The molecule has 4 heteroatoms. The summed E-state index contributed by atoms with van der Waals surface area (Å²) >= 11 is 0. The second-order valence-electron chi connectivity index (χ2n) is 3.89. The van der Waals surface area contributed by atoms with Crippen LogP contribution in [0, 0.1) is 0 Å². The highest BCUT2D eigenvalue weighted by molar-refractivity contribution is 6.05. The van der Waals surface area contributed by atoms with Gasteiger partial charge in [0.25, 0.3) is 0 Å². The van der Waals surface area contributed by atoms with Gasteiger partial charge in [-0.2, -0.15) is 0 Å². The van der Waals surface area contributed by atoms with E-state index < -0.39 is 5.97 Å². The number of aliphatic hydroxyl groups is 1. The quantitative estimate of drug-likeness (QED) is 0.794. The Kier molecular flexibility index (Phi) is 3.79. The van der Waals surface area contributed by atoms with Crippen molar-refractivity contribution in [2.24, 2.45) is 0 Å². The Morgan fingerprint density at radius 2 is 1.83 bits per heavy atom. The van der Waals surface area contributed by atoms with Crippen molar-refractivity contribution in [3.05, 3.63) is 42.0 Å². The molecule has 2 aromatic rings. The summed E-state index contributed by atoms with van der Waals surface area (Å²) in [5.74, 6) is -0.308. The van der Waals surface area contributed by atoms with Crippen molar-refractivity contribution >= 4 is 16.7 Å². The Bertz CT molecular complexity index is 563. The maximum absolute atomic E-state index is 11.1. The van der Waals surface area contributed by atoms with Crippen molar-refractivity contribution in [1.29, 1.82) is 0 Å². The van der Waals surface area contributed by atoms with E-state index in [9.17, 15) is 4.79 Å². The van der Waals surface area contributed by atoms with Gasteiger partial charge in [-0.3, -0.25) is 0 Å². The van der Waals surface area contributed by atoms with E-state index in [1.54, 1.807) is 24.3 Å². The van der Waals surface area contributed by atoms with Gasteiger partial charge in [-0.05, 0) is 17.5 Å². The molecule has 2 rings (SSSR count). The van der Waals surface area contributed by atoms with E-state index in [0.717, 1.165) is 5.39 Å². The smallest absolute Gasteiger partial charge is 0.336 e. The first-order valence-corrected chi connectivity index (χ1v) is 5.72. The summed E-state index contributed by atoms with van der Waals surface area (Å²) in [4.78, 5) is 11.1. The van der Waals surface area contributed by atoms with Gasteiger partial charge in [0.05, 0.1) is 12.2 Å². The van der Waals surface area contributed by atoms with Crippen LogP contribution in [-0.2, 0) is 0 Å². The van der Waals surface area contributed by atoms with Gasteiger partial charge in [0.1, 0.15) is 5.75 Å². The lowest BCUT2D eigenvalue weighted by Crippen LogP contribution is -2.02. The number of hydrogen-bond donors (Lipinski definition) is 2. The van der Waals surface area contributed by atoms with E-state index in [1.165, 1.54) is 0 Å². The molecule has 0 saturated heterocycles. The summed E-state index contributed by atoms with van der Waals surface area (Å²) in [5, 5.41) is 19.3. The largest absolute Gasteiger partial charge is 0.493 e. The summed E-state index contributed by atoms with van der Waals surface area (Å²) in [6.45, 7) is 0.484. The molecule has 0 spiro atoms. The normalized spacial score (nSPS) is 10.5. The Morgan fingerprint density at radius 1 is 1.11 bits per heavy atom. The number of carboxylic acids is 1. The van der Waals surface area contributed by atoms with Crippen LogP contribution < -0.4 is 4.74 Å². The molecule has 0 radical (unpaired) electrons. The van der Waals surface area contributed by atoms with E-state index in [2.05, 4.69) is 0 Å². The van der Waals surface area contributed by atoms with Crippen LogP contribution in [0.15, 0.2) is 36.4 Å². The van der Waals surface area contributed by atoms with E-state index in [4.69, 9.17) is 14.9 Å². The zero-order chi connectivity index (χ0) is 13.0. The average Bonchev–Trinajstić information content (AvgIpc) is 2.38. The van der Waals surface area contributed by atoms with Crippen molar-refractivity contribution < 1.29 is 19.7 Å². The number of carbonyl (C=O) groups is 1. The third-order valence-corrected chi connectivity index (χ3v) is 2.67. The summed E-state index contributed by atoms with van der Waals surface area (Å²) in [5.41, 5.74) is 0.264. The van der Waals surface area contributed by atoms with Crippen LogP contribution >= 0.6 is 0 Å². The van der Waals surface area contributed by atoms with Gasteiger partial charge in [0.15, 0.2) is 0 Å². The molecule has 18 heavy (non-hydrogen) atoms. The zero-order valence-corrected chi connectivity index (χ0v) is 9.80. The first-order valence-electron chi connectivity index (χ1n) is 5.72. The maximum atomic E-state index is 11.1. The molecule has 0 aliphatic rings. The molecule has 2 N–H and O–H groups in total. The molecule has 0 fully saturated rings. The van der Waals surface area contributed by atoms with Gasteiger partial charge in [0.2, 0.25) is 0 Å². The first kappa shape index (κ1) is 12.4. The predicted octanol–water partition coefficient (Wildman–Crippen LogP) is 2.30. The Morgan fingerprint density at radius 3 is 2.50 bits per heavy atom. The van der Waals surface area contributed by atoms with Crippen LogP contribution in [0.1, 0.15) is 16.8 Å². The third-order valence-electron chi connectivity index (χ3n) is 2.67. The minimum atomic E-state index is -0.951. The topological polar surface area (TPSA) is 66.8 Å². The summed E-state index contributed by atoms with van der Waals surface area (Å²) in [6.07, 6.45) is 0.551. The Labute approximate surface area is 104 Å². The van der Waals surface area contributed by atoms with Crippen LogP contribution in [0.25, 0.3) is 10.8 Å². The van der Waals surface area contributed by atoms with Crippen LogP contribution in [0.4, 0.5) is 0 Å². The van der Waals surface area contributed by atoms with Crippen LogP contribution in [0.5, 0.6) is 5.75 Å². The summed E-state index contributed by atoms with van der Waals surface area (Å²) in [7, 11) is 0. The highest BCUT2D eigenvalue weighted by Gasteiger charge is 2.11. The molecule has 94 valence electrons. The molecule has 0 bridgehead atoms. The Hall–Kier alpha value is -2.07. The number of hydrogen-bond acceptors (Lipinski definition) is 3. The van der Waals surface area contributed by atoms with Gasteiger partial charge in [-0.25, -0.2) is 4.79 Å². The lowest BCUT2D eigenvalue weighted by atomic mass is 10.0. The minimum Gasteiger partial charge on any atom is -0.493 e. The van der Waals surface area contributed by atoms with Gasteiger partial charge in [-0.1, -0.05) is 24.3 Å². The highest BCUT2D eigenvalue weighted by Crippen LogP contribution is 2.28. The highest BCUT2D eigenvalue weighted by atomic mass is 16.5. The number of rotatable bonds is 5. The zero-order valence-electron chi connectivity index (χ0n) is 9.80. The molecule has 0 atom stereocenters. The predicted molar refractivity (Wildman–Crippen MR) is 68.1 cm³/mol. The monoisotopic (exact) mass is 246 g/mol. The fourth-order valence-electron chi connectivity index (χ4n) is 1.83. The van der Waals surface area contributed by atoms with Crippen molar-refractivity contribution in [3.63, 3.8) is 0 Å². The van der Waals surface area contributed by atoms with Gasteiger partial charge in [0, 0.05) is 18.4 Å². The molecular weight excluding hydrogens is 232 g/mol. The van der Waals surface area contributed by atoms with Crippen molar-refractivity contribution in [3.8, 4) is 5.75 Å². The van der Waals surface area contributed by atoms with E-state index in [-0.39, 0.29) is 12.2 Å². The molecule has 2 aromatic carbocycles. The standard InChI is InChI=1S/C14H14O4/c15-8-3-9-18-13-7-6-12(14(16)17)10-4-1-2-5-11(10)13/h1-2,4-7,15H,3,8-9H2,(H,16,17). The molecule has 0 aromatic heterocycles. The molecule has 0 aliphatic carbocycles. The number of benzene rings is 2. The lowest BCUT2D eigenvalue weighted by molar-refractivity contribution is 0.0699. The van der Waals surface area contributed by atoms with Gasteiger partial charge >= 0.3 is 5.97 Å². The number of fused-ring (bicyclic) bond motifs is 1. The molecular formula is C14H14O4. The SMILES string of the molecule is O=C(O)c1ccc(OCCCO)c2ccccc12. The van der Waals surface area contributed by atoms with Crippen LogP contribution in [0.3, 0.4) is 0 Å². The number of aliphatic hydroxyl groups excluding tert-OH is 1. The number of ether oxygens (including phenoxy) is 1. The van der Waals surface area contributed by atoms with Crippen molar-refractivity contribution in [2.45, 2.75) is 6.42 Å². The molecule has 0 heterocycles. The molecule has 0 saturated carbocycles. The molecule has 4 nitrogen and oxygen atoms in total. The van der Waals surface area contributed by atoms with Gasteiger partial charge in [-0.15, -0.1) is 0 Å². The molecule has 0 amide bonds. The van der Waals surface area contributed by atoms with Gasteiger partial charge < -0.3 is 14.9 Å². The summed E-state index contributed by atoms with van der Waals surface area (Å²) < 4.78 is 5.54. The lowest BCUT2D eigenvalue weighted by Gasteiger charge is -2.10. The number of aromatic carboxylic acids is 1. The first-order chi connectivity index (χ1) is 8.74. The van der Waals surface area contributed by atoms with Crippen molar-refractivity contribution in [1.82, 2.24) is 0 Å². The molecule has 0 aliphatic heterocycles. The van der Waals surface area contributed by atoms with E-state index in [0.29, 0.717) is 24.2 Å². The second kappa shape index (κ2) is 5.51. The van der Waals surface area contributed by atoms with Crippen LogP contribution in [-0.4, -0.2) is 29.4 Å². The molecule has 0 unspecified atom stereocenters. The van der Waals surface area contributed by atoms with E-state index in [1.807, 2.05) is 12.1 Å². The van der Waals surface area contributed by atoms with Crippen molar-refractivity contribution in [2.75, 3.05) is 13.2 Å². The fourth-order valence-corrected chi connectivity index (χ4v) is 1.83. The summed E-state index contributed by atoms with van der Waals surface area (Å²) in [6, 6.07) is 10.4. The average molecular weight is 246 g/mol. The second-order valence-corrected chi connectivity index (χ2v) is 3.89. The third kappa shape index (κ3) is 2.43. The fraction of sp³-hybridized carbons (Fsp3) is 0.214.